The van der Waals surface area contributed by atoms with E-state index in [1.165, 1.54) is 0 Å². The van der Waals surface area contributed by atoms with Gasteiger partial charge in [0.1, 0.15) is 0 Å². The van der Waals surface area contributed by atoms with Gasteiger partial charge in [0.05, 0.1) is 5.88 Å². The lowest BCUT2D eigenvalue weighted by Crippen LogP contribution is -2.48. The van der Waals surface area contributed by atoms with E-state index in [9.17, 15) is 4.79 Å². The van der Waals surface area contributed by atoms with Crippen molar-refractivity contribution in [2.75, 3.05) is 5.88 Å². The smallest absolute Gasteiger partial charge is 0.270 e. The predicted octanol–water partition coefficient (Wildman–Crippen LogP) is 2.84. The molecule has 8 heteroatoms. The second kappa shape index (κ2) is 4.63. The SMILES string of the molecule is O=C(NCl)C(Cl)(Cl)C(Cl)(Cl)CCl. The van der Waals surface area contributed by atoms with Gasteiger partial charge < -0.3 is 0 Å². The van der Waals surface area contributed by atoms with E-state index in [0.717, 1.165) is 0 Å². The van der Waals surface area contributed by atoms with Gasteiger partial charge in [-0.3, -0.25) is 9.63 Å². The molecule has 0 spiro atoms. The van der Waals surface area contributed by atoms with Crippen LogP contribution in [0.1, 0.15) is 0 Å². The highest BCUT2D eigenvalue weighted by Gasteiger charge is 2.52. The van der Waals surface area contributed by atoms with E-state index in [1.54, 1.807) is 4.84 Å². The molecule has 0 atom stereocenters. The van der Waals surface area contributed by atoms with E-state index in [4.69, 9.17) is 69.8 Å². The summed E-state index contributed by atoms with van der Waals surface area (Å²) in [5.41, 5.74) is 0. The van der Waals surface area contributed by atoms with Crippen LogP contribution in [0, 0.1) is 0 Å². The van der Waals surface area contributed by atoms with Gasteiger partial charge in [-0.2, -0.15) is 0 Å². The standard InChI is InChI=1S/C4H3Cl6NO/c5-1-3(6,7)4(8,9)2(12)11-10/h1H2,(H,11,12). The molecule has 0 aromatic rings. The summed E-state index contributed by atoms with van der Waals surface area (Å²) in [4.78, 5) is 12.6. The highest BCUT2D eigenvalue weighted by atomic mass is 35.5. The minimum Gasteiger partial charge on any atom is -0.270 e. The summed E-state index contributed by atoms with van der Waals surface area (Å²) in [6.07, 6.45) is 0. The van der Waals surface area contributed by atoms with Gasteiger partial charge in [-0.05, 0) is 0 Å². The number of halogens is 6. The molecule has 0 heterocycles. The van der Waals surface area contributed by atoms with E-state index in [2.05, 4.69) is 0 Å². The van der Waals surface area contributed by atoms with Crippen LogP contribution in [0.4, 0.5) is 0 Å². The molecule has 12 heavy (non-hydrogen) atoms. The van der Waals surface area contributed by atoms with Crippen molar-refractivity contribution in [3.63, 3.8) is 0 Å². The number of alkyl halides is 5. The minimum absolute atomic E-state index is 0.312. The molecule has 0 aromatic heterocycles. The quantitative estimate of drug-likeness (QED) is 0.629. The molecule has 0 aliphatic carbocycles. The molecule has 0 radical (unpaired) electrons. The molecule has 0 unspecified atom stereocenters. The number of hydrogen-bond donors (Lipinski definition) is 1. The predicted molar refractivity (Wildman–Crippen MR) is 53.6 cm³/mol. The average Bonchev–Trinajstić information content (AvgIpc) is 2.02. The maximum atomic E-state index is 10.9. The fourth-order valence-corrected chi connectivity index (χ4v) is 1.28. The molecule has 1 amide bonds. The monoisotopic (exact) mass is 291 g/mol. The van der Waals surface area contributed by atoms with Crippen LogP contribution < -0.4 is 4.84 Å². The van der Waals surface area contributed by atoms with Gasteiger partial charge in [0.2, 0.25) is 4.33 Å². The summed E-state index contributed by atoms with van der Waals surface area (Å²) in [5.74, 6) is -1.24. The van der Waals surface area contributed by atoms with Gasteiger partial charge in [-0.25, -0.2) is 0 Å². The van der Waals surface area contributed by atoms with Crippen LogP contribution in [0.25, 0.3) is 0 Å². The van der Waals surface area contributed by atoms with E-state index in [-0.39, 0.29) is 5.88 Å². The van der Waals surface area contributed by atoms with Crippen molar-refractivity contribution >= 4 is 75.7 Å². The lowest BCUT2D eigenvalue weighted by atomic mass is 10.3. The Kier molecular flexibility index (Phi) is 5.09. The molecule has 0 aliphatic rings. The Hall–Kier alpha value is 1.21. The van der Waals surface area contributed by atoms with Crippen LogP contribution in [0.15, 0.2) is 0 Å². The number of hydrogen-bond acceptors (Lipinski definition) is 1. The first-order valence-corrected chi connectivity index (χ1v) is 4.94. The van der Waals surface area contributed by atoms with Crippen molar-refractivity contribution in [2.45, 2.75) is 8.67 Å². The summed E-state index contributed by atoms with van der Waals surface area (Å²) in [7, 11) is 0. The fraction of sp³-hybridized carbons (Fsp3) is 0.750. The molecular weight excluding hydrogens is 291 g/mol. The Labute approximate surface area is 99.5 Å². The van der Waals surface area contributed by atoms with E-state index in [0.29, 0.717) is 0 Å². The van der Waals surface area contributed by atoms with Crippen molar-refractivity contribution in [2.24, 2.45) is 0 Å². The van der Waals surface area contributed by atoms with Gasteiger partial charge in [-0.1, -0.05) is 46.4 Å². The van der Waals surface area contributed by atoms with Crippen LogP contribution in [0.2, 0.25) is 0 Å². The summed E-state index contributed by atoms with van der Waals surface area (Å²) >= 11 is 32.4. The van der Waals surface area contributed by atoms with Gasteiger partial charge >= 0.3 is 0 Å². The van der Waals surface area contributed by atoms with Crippen LogP contribution in [-0.2, 0) is 4.79 Å². The van der Waals surface area contributed by atoms with Crippen molar-refractivity contribution in [3.8, 4) is 0 Å². The number of carbonyl (C=O) groups is 1. The van der Waals surface area contributed by atoms with Crippen LogP contribution in [0.5, 0.6) is 0 Å². The van der Waals surface area contributed by atoms with Gasteiger partial charge in [-0.15, -0.1) is 11.6 Å². The molecule has 0 saturated carbocycles. The molecule has 0 saturated heterocycles. The maximum Gasteiger partial charge on any atom is 0.273 e. The minimum atomic E-state index is -2.08. The Bertz CT molecular complexity index is 180. The second-order valence-electron chi connectivity index (χ2n) is 1.84. The van der Waals surface area contributed by atoms with Crippen LogP contribution in [-0.4, -0.2) is 20.5 Å². The molecule has 2 nitrogen and oxygen atoms in total. The zero-order valence-electron chi connectivity index (χ0n) is 5.38. The third-order valence-corrected chi connectivity index (χ3v) is 4.05. The molecule has 0 aliphatic heterocycles. The number of amides is 1. The van der Waals surface area contributed by atoms with E-state index in [1.807, 2.05) is 0 Å². The van der Waals surface area contributed by atoms with Gasteiger partial charge in [0, 0.05) is 11.8 Å². The van der Waals surface area contributed by atoms with Crippen molar-refractivity contribution < 1.29 is 4.79 Å². The van der Waals surface area contributed by atoms with Crippen LogP contribution in [0.3, 0.4) is 0 Å². The molecular formula is C4H3Cl6NO. The lowest BCUT2D eigenvalue weighted by Gasteiger charge is -2.28. The molecule has 0 rings (SSSR count). The first kappa shape index (κ1) is 13.2. The third kappa shape index (κ3) is 2.60. The van der Waals surface area contributed by atoms with Gasteiger partial charge in [0.15, 0.2) is 4.33 Å². The zero-order chi connectivity index (χ0) is 9.99. The summed E-state index contributed by atoms with van der Waals surface area (Å²) in [5, 5.41) is 0. The number of rotatable bonds is 3. The Morgan fingerprint density at radius 3 is 1.92 bits per heavy atom. The molecule has 0 fully saturated rings. The van der Waals surface area contributed by atoms with Crippen LogP contribution >= 0.6 is 69.8 Å². The molecule has 0 bridgehead atoms. The topological polar surface area (TPSA) is 29.1 Å². The first-order chi connectivity index (χ1) is 5.29. The summed E-state index contributed by atoms with van der Waals surface area (Å²) < 4.78 is -3.88. The Balaban J connectivity index is 4.71. The number of nitrogens with one attached hydrogen (secondary N) is 1. The Morgan fingerprint density at radius 2 is 1.67 bits per heavy atom. The molecule has 0 aromatic carbocycles. The second-order valence-corrected chi connectivity index (χ2v) is 5.10. The number of carbonyl (C=O) groups excluding carboxylic acids is 1. The first-order valence-electron chi connectivity index (χ1n) is 2.52. The van der Waals surface area contributed by atoms with Crippen molar-refractivity contribution in [1.82, 2.24) is 4.84 Å². The maximum absolute atomic E-state index is 10.9. The summed E-state index contributed by atoms with van der Waals surface area (Å²) in [6.45, 7) is 0. The van der Waals surface area contributed by atoms with Crippen molar-refractivity contribution in [1.29, 1.82) is 0 Å². The highest BCUT2D eigenvalue weighted by Crippen LogP contribution is 2.43. The highest BCUT2D eigenvalue weighted by molar-refractivity contribution is 6.70. The fourth-order valence-electron chi connectivity index (χ4n) is 0.309. The molecule has 72 valence electrons. The van der Waals surface area contributed by atoms with Gasteiger partial charge in [0.25, 0.3) is 5.91 Å². The lowest BCUT2D eigenvalue weighted by molar-refractivity contribution is -0.120. The van der Waals surface area contributed by atoms with E-state index < -0.39 is 14.6 Å². The third-order valence-electron chi connectivity index (χ3n) is 0.998. The largest absolute Gasteiger partial charge is 0.273 e. The van der Waals surface area contributed by atoms with Crippen molar-refractivity contribution in [3.05, 3.63) is 0 Å². The normalized spacial score (nSPS) is 12.8. The molecule has 1 N–H and O–H groups in total. The van der Waals surface area contributed by atoms with E-state index >= 15 is 0 Å². The average molecular weight is 294 g/mol. The Morgan fingerprint density at radius 1 is 1.25 bits per heavy atom. The summed E-state index contributed by atoms with van der Waals surface area (Å²) in [6, 6.07) is 0. The zero-order valence-corrected chi connectivity index (χ0v) is 9.92.